The van der Waals surface area contributed by atoms with Crippen molar-refractivity contribution in [3.05, 3.63) is 17.6 Å². The van der Waals surface area contributed by atoms with Gasteiger partial charge in [-0.2, -0.15) is 10.2 Å². The Labute approximate surface area is 85.7 Å². The van der Waals surface area contributed by atoms with Crippen molar-refractivity contribution < 1.29 is 0 Å². The zero-order valence-electron chi connectivity index (χ0n) is 8.03. The third kappa shape index (κ3) is 0.901. The number of fused-ring (bicyclic) bond motifs is 3. The number of aromatic nitrogens is 4. The van der Waals surface area contributed by atoms with Gasteiger partial charge in [-0.15, -0.1) is 11.8 Å². The summed E-state index contributed by atoms with van der Waals surface area (Å²) in [6, 6.07) is 0. The first kappa shape index (κ1) is 8.11. The van der Waals surface area contributed by atoms with Crippen LogP contribution in [0.25, 0.3) is 11.3 Å². The minimum absolute atomic E-state index is 0.985. The Balaban J connectivity index is 2.29. The third-order valence-corrected chi connectivity index (χ3v) is 3.77. The molecule has 0 fully saturated rings. The van der Waals surface area contributed by atoms with Crippen molar-refractivity contribution in [2.24, 2.45) is 7.05 Å². The summed E-state index contributed by atoms with van der Waals surface area (Å²) in [5, 5.41) is 11.6. The molecule has 1 aliphatic rings. The molecule has 4 nitrogen and oxygen atoms in total. The fraction of sp³-hybridized carbons (Fsp3) is 0.333. The predicted molar refractivity (Wildman–Crippen MR) is 55.1 cm³/mol. The van der Waals surface area contributed by atoms with Crippen LogP contribution < -0.4 is 0 Å². The number of H-pyrrole nitrogens is 1. The maximum Gasteiger partial charge on any atom is 0.109 e. The van der Waals surface area contributed by atoms with Crippen LogP contribution in [0.1, 0.15) is 11.4 Å². The van der Waals surface area contributed by atoms with Crippen LogP contribution in [0.4, 0.5) is 0 Å². The first-order valence-corrected chi connectivity index (χ1v) is 5.45. The summed E-state index contributed by atoms with van der Waals surface area (Å²) in [7, 11) is 1.98. The predicted octanol–water partition coefficient (Wildman–Crippen LogP) is 1.72. The summed E-state index contributed by atoms with van der Waals surface area (Å²) >= 11 is 1.83. The molecule has 72 valence electrons. The van der Waals surface area contributed by atoms with Crippen molar-refractivity contribution in [2.45, 2.75) is 17.6 Å². The average molecular weight is 206 g/mol. The van der Waals surface area contributed by atoms with E-state index in [-0.39, 0.29) is 0 Å². The fourth-order valence-electron chi connectivity index (χ4n) is 1.75. The van der Waals surface area contributed by atoms with Crippen LogP contribution in [0.15, 0.2) is 11.1 Å². The molecule has 3 heterocycles. The number of aromatic amines is 1. The van der Waals surface area contributed by atoms with Crippen LogP contribution in [0, 0.1) is 6.92 Å². The topological polar surface area (TPSA) is 46.5 Å². The molecule has 5 heteroatoms. The second-order valence-corrected chi connectivity index (χ2v) is 4.43. The lowest BCUT2D eigenvalue weighted by Crippen LogP contribution is -2.00. The number of thioether (sulfide) groups is 1. The van der Waals surface area contributed by atoms with Crippen LogP contribution in [-0.2, 0) is 12.8 Å². The van der Waals surface area contributed by atoms with E-state index in [1.165, 1.54) is 16.2 Å². The third-order valence-electron chi connectivity index (χ3n) is 2.56. The zero-order valence-corrected chi connectivity index (χ0v) is 8.85. The van der Waals surface area contributed by atoms with Gasteiger partial charge >= 0.3 is 0 Å². The van der Waals surface area contributed by atoms with E-state index in [4.69, 9.17) is 0 Å². The molecule has 0 radical (unpaired) electrons. The molecule has 0 spiro atoms. The van der Waals surface area contributed by atoms with Gasteiger partial charge < -0.3 is 0 Å². The maximum absolute atomic E-state index is 4.31. The van der Waals surface area contributed by atoms with Gasteiger partial charge in [-0.25, -0.2) is 0 Å². The van der Waals surface area contributed by atoms with Gasteiger partial charge in [-0.3, -0.25) is 9.78 Å². The highest BCUT2D eigenvalue weighted by Crippen LogP contribution is 2.41. The molecule has 1 N–H and O–H groups in total. The fourth-order valence-corrected chi connectivity index (χ4v) is 2.93. The van der Waals surface area contributed by atoms with E-state index in [2.05, 4.69) is 22.2 Å². The van der Waals surface area contributed by atoms with Gasteiger partial charge in [0, 0.05) is 24.1 Å². The lowest BCUT2D eigenvalue weighted by molar-refractivity contribution is 0.736. The lowest BCUT2D eigenvalue weighted by Gasteiger charge is -2.11. The second kappa shape index (κ2) is 2.63. The van der Waals surface area contributed by atoms with Gasteiger partial charge in [0.1, 0.15) is 5.69 Å². The largest absolute Gasteiger partial charge is 0.281 e. The number of rotatable bonds is 0. The molecule has 0 atom stereocenters. The van der Waals surface area contributed by atoms with Gasteiger partial charge in [0.25, 0.3) is 0 Å². The van der Waals surface area contributed by atoms with Gasteiger partial charge in [0.15, 0.2) is 0 Å². The summed E-state index contributed by atoms with van der Waals surface area (Å²) < 4.78 is 1.93. The first-order valence-electron chi connectivity index (χ1n) is 4.46. The second-order valence-electron chi connectivity index (χ2n) is 3.44. The van der Waals surface area contributed by atoms with Gasteiger partial charge in [-0.05, 0) is 6.92 Å². The van der Waals surface area contributed by atoms with E-state index in [9.17, 15) is 0 Å². The van der Waals surface area contributed by atoms with E-state index in [0.717, 1.165) is 17.1 Å². The normalized spacial score (nSPS) is 13.9. The highest BCUT2D eigenvalue weighted by atomic mass is 32.2. The quantitative estimate of drug-likeness (QED) is 0.714. The van der Waals surface area contributed by atoms with Crippen molar-refractivity contribution >= 4 is 11.8 Å². The molecule has 14 heavy (non-hydrogen) atoms. The monoisotopic (exact) mass is 206 g/mol. The van der Waals surface area contributed by atoms with Gasteiger partial charge in [0.05, 0.1) is 16.8 Å². The molecule has 2 aromatic rings. The number of nitrogens with one attached hydrogen (secondary N) is 1. The minimum Gasteiger partial charge on any atom is -0.281 e. The van der Waals surface area contributed by atoms with Crippen LogP contribution >= 0.6 is 11.8 Å². The van der Waals surface area contributed by atoms with E-state index < -0.39 is 0 Å². The van der Waals surface area contributed by atoms with Crippen LogP contribution in [0.3, 0.4) is 0 Å². The highest BCUT2D eigenvalue weighted by molar-refractivity contribution is 7.98. The Morgan fingerprint density at radius 1 is 1.57 bits per heavy atom. The number of nitrogens with zero attached hydrogens (tertiary/aromatic N) is 3. The van der Waals surface area contributed by atoms with Crippen molar-refractivity contribution in [1.82, 2.24) is 20.0 Å². The number of aryl methyl sites for hydroxylation is 2. The Morgan fingerprint density at radius 3 is 3.29 bits per heavy atom. The molecule has 0 amide bonds. The standard InChI is InChI=1S/C9H10N4S/c1-5-9-8(12-11-5)6-3-10-13(2)7(6)4-14-9/h3H,4H2,1-2H3,(H,11,12). The molecule has 2 aromatic heterocycles. The van der Waals surface area contributed by atoms with Crippen molar-refractivity contribution in [3.63, 3.8) is 0 Å². The Morgan fingerprint density at radius 2 is 2.43 bits per heavy atom. The molecular weight excluding hydrogens is 196 g/mol. The van der Waals surface area contributed by atoms with Crippen LogP contribution in [0.2, 0.25) is 0 Å². The molecule has 0 bridgehead atoms. The maximum atomic E-state index is 4.31. The van der Waals surface area contributed by atoms with Crippen LogP contribution in [-0.4, -0.2) is 20.0 Å². The Bertz CT molecular complexity index is 451. The van der Waals surface area contributed by atoms with Crippen molar-refractivity contribution in [2.75, 3.05) is 0 Å². The molecule has 1 aliphatic heterocycles. The Kier molecular flexibility index (Phi) is 1.53. The summed E-state index contributed by atoms with van der Waals surface area (Å²) in [4.78, 5) is 1.27. The Hall–Kier alpha value is -1.23. The molecule has 3 rings (SSSR count). The number of hydrogen-bond donors (Lipinski definition) is 1. The van der Waals surface area contributed by atoms with Crippen molar-refractivity contribution in [3.8, 4) is 11.3 Å². The summed E-state index contributed by atoms with van der Waals surface area (Å²) in [6.07, 6.45) is 1.90. The molecule has 0 saturated heterocycles. The molecule has 0 saturated carbocycles. The molecule has 0 aliphatic carbocycles. The zero-order chi connectivity index (χ0) is 9.71. The van der Waals surface area contributed by atoms with Gasteiger partial charge in [-0.1, -0.05) is 0 Å². The van der Waals surface area contributed by atoms with E-state index in [0.29, 0.717) is 0 Å². The van der Waals surface area contributed by atoms with Gasteiger partial charge in [0.2, 0.25) is 0 Å². The lowest BCUT2D eigenvalue weighted by atomic mass is 10.2. The molecule has 0 unspecified atom stereocenters. The average Bonchev–Trinajstić information content (AvgIpc) is 2.72. The van der Waals surface area contributed by atoms with Crippen molar-refractivity contribution in [1.29, 1.82) is 0 Å². The number of hydrogen-bond acceptors (Lipinski definition) is 3. The summed E-state index contributed by atoms with van der Waals surface area (Å²) in [5.74, 6) is 0.985. The molecule has 0 aromatic carbocycles. The van der Waals surface area contributed by atoms with Crippen LogP contribution in [0.5, 0.6) is 0 Å². The minimum atomic E-state index is 0.985. The summed E-state index contributed by atoms with van der Waals surface area (Å²) in [5.41, 5.74) is 4.64. The smallest absolute Gasteiger partial charge is 0.109 e. The first-order chi connectivity index (χ1) is 6.77. The summed E-state index contributed by atoms with van der Waals surface area (Å²) in [6.45, 7) is 2.06. The van der Waals surface area contributed by atoms with E-state index in [1.54, 1.807) is 0 Å². The SMILES string of the molecule is Cc1[nH]nc2c1SCc1c-2cnn1C. The van der Waals surface area contributed by atoms with E-state index >= 15 is 0 Å². The highest BCUT2D eigenvalue weighted by Gasteiger charge is 2.23. The van der Waals surface area contributed by atoms with E-state index in [1.807, 2.05) is 29.7 Å². The molecular formula is C9H10N4S.